The Kier molecular flexibility index (Phi) is 5.98. The number of thiophene rings is 1. The van der Waals surface area contributed by atoms with Gasteiger partial charge in [-0.2, -0.15) is 0 Å². The van der Waals surface area contributed by atoms with Gasteiger partial charge in [0, 0.05) is 30.7 Å². The van der Waals surface area contributed by atoms with Crippen LogP contribution in [0.5, 0.6) is 0 Å². The molecule has 0 atom stereocenters. The minimum Gasteiger partial charge on any atom is -0.375 e. The number of halogens is 2. The number of hydrogen-bond donors (Lipinski definition) is 1. The maximum Gasteiger partial charge on any atom is 0.264 e. The topological polar surface area (TPSA) is 52.7 Å². The number of amides is 2. The summed E-state index contributed by atoms with van der Waals surface area (Å²) in [6, 6.07) is 9.18. The summed E-state index contributed by atoms with van der Waals surface area (Å²) in [5, 5.41) is 5.53. The maximum absolute atomic E-state index is 12.4. The predicted octanol–water partition coefficient (Wildman–Crippen LogP) is 3.56. The average Bonchev–Trinajstić information content (AvgIpc) is 3.15. The Hall–Kier alpha value is -1.57. The molecule has 1 fully saturated rings. The molecule has 0 saturated carbocycles. The van der Waals surface area contributed by atoms with E-state index in [2.05, 4.69) is 21.2 Å². The number of nitrogens with one attached hydrogen (secondary N) is 1. The van der Waals surface area contributed by atoms with Gasteiger partial charge in [-0.3, -0.25) is 9.59 Å². The SMILES string of the molecule is O=C(CNc1ccc(Br)cc1Cl)N1CCN(C(=O)c2cccs2)CC1. The molecule has 1 aromatic carbocycles. The molecule has 0 spiro atoms. The highest BCUT2D eigenvalue weighted by atomic mass is 79.9. The molecule has 0 unspecified atom stereocenters. The van der Waals surface area contributed by atoms with Gasteiger partial charge in [0.2, 0.25) is 5.91 Å². The highest BCUT2D eigenvalue weighted by Crippen LogP contribution is 2.25. The highest BCUT2D eigenvalue weighted by Gasteiger charge is 2.25. The van der Waals surface area contributed by atoms with E-state index in [9.17, 15) is 9.59 Å². The Balaban J connectivity index is 1.49. The molecule has 5 nitrogen and oxygen atoms in total. The number of piperazine rings is 1. The van der Waals surface area contributed by atoms with Gasteiger partial charge in [-0.25, -0.2) is 0 Å². The molecule has 1 aliphatic rings. The van der Waals surface area contributed by atoms with Gasteiger partial charge in [0.15, 0.2) is 0 Å². The van der Waals surface area contributed by atoms with Crippen LogP contribution in [0.25, 0.3) is 0 Å². The predicted molar refractivity (Wildman–Crippen MR) is 104 cm³/mol. The van der Waals surface area contributed by atoms with Crippen LogP contribution >= 0.6 is 38.9 Å². The van der Waals surface area contributed by atoms with Gasteiger partial charge < -0.3 is 15.1 Å². The van der Waals surface area contributed by atoms with E-state index in [0.717, 1.165) is 15.0 Å². The summed E-state index contributed by atoms with van der Waals surface area (Å²) in [5.41, 5.74) is 0.727. The van der Waals surface area contributed by atoms with Gasteiger partial charge in [0.25, 0.3) is 5.91 Å². The lowest BCUT2D eigenvalue weighted by molar-refractivity contribution is -0.130. The Morgan fingerprint density at radius 1 is 1.16 bits per heavy atom. The summed E-state index contributed by atoms with van der Waals surface area (Å²) in [6.07, 6.45) is 0. The Bertz CT molecular complexity index is 761. The molecule has 132 valence electrons. The van der Waals surface area contributed by atoms with Gasteiger partial charge in [0.1, 0.15) is 0 Å². The van der Waals surface area contributed by atoms with Crippen LogP contribution in [-0.4, -0.2) is 54.3 Å². The first kappa shape index (κ1) is 18.2. The molecule has 8 heteroatoms. The van der Waals surface area contributed by atoms with Crippen molar-refractivity contribution in [3.63, 3.8) is 0 Å². The normalized spacial score (nSPS) is 14.5. The molecule has 1 aromatic heterocycles. The van der Waals surface area contributed by atoms with Gasteiger partial charge >= 0.3 is 0 Å². The maximum atomic E-state index is 12.4. The molecule has 2 heterocycles. The molecule has 1 N–H and O–H groups in total. The minimum atomic E-state index is 0.00204. The highest BCUT2D eigenvalue weighted by molar-refractivity contribution is 9.10. The van der Waals surface area contributed by atoms with E-state index in [1.807, 2.05) is 29.6 Å². The van der Waals surface area contributed by atoms with Crippen molar-refractivity contribution in [2.45, 2.75) is 0 Å². The minimum absolute atomic E-state index is 0.00204. The van der Waals surface area contributed by atoms with Gasteiger partial charge in [-0.05, 0) is 29.6 Å². The van der Waals surface area contributed by atoms with Crippen LogP contribution in [0, 0.1) is 0 Å². The van der Waals surface area contributed by atoms with Crippen molar-refractivity contribution < 1.29 is 9.59 Å². The summed E-state index contributed by atoms with van der Waals surface area (Å²) < 4.78 is 0.890. The molecule has 0 aliphatic carbocycles. The van der Waals surface area contributed by atoms with Crippen molar-refractivity contribution in [3.05, 3.63) is 50.1 Å². The molecule has 25 heavy (non-hydrogen) atoms. The number of anilines is 1. The van der Waals surface area contributed by atoms with Crippen LogP contribution in [0.1, 0.15) is 9.67 Å². The lowest BCUT2D eigenvalue weighted by Gasteiger charge is -2.34. The van der Waals surface area contributed by atoms with Crippen molar-refractivity contribution >= 4 is 56.4 Å². The summed E-state index contributed by atoms with van der Waals surface area (Å²) in [4.78, 5) is 29.0. The quantitative estimate of drug-likeness (QED) is 0.788. The summed E-state index contributed by atoms with van der Waals surface area (Å²) in [7, 11) is 0. The lowest BCUT2D eigenvalue weighted by Crippen LogP contribution is -2.51. The van der Waals surface area contributed by atoms with Gasteiger partial charge in [0.05, 0.1) is 22.1 Å². The summed E-state index contributed by atoms with van der Waals surface area (Å²) in [5.74, 6) is 0.0454. The van der Waals surface area contributed by atoms with Crippen LogP contribution in [0.2, 0.25) is 5.02 Å². The van der Waals surface area contributed by atoms with Crippen molar-refractivity contribution in [1.29, 1.82) is 0 Å². The number of carbonyl (C=O) groups excluding carboxylic acids is 2. The number of rotatable bonds is 4. The third kappa shape index (κ3) is 4.54. The van der Waals surface area contributed by atoms with E-state index in [1.54, 1.807) is 15.9 Å². The van der Waals surface area contributed by atoms with E-state index in [0.29, 0.717) is 31.2 Å². The fourth-order valence-corrected chi connectivity index (χ4v) is 4.06. The second kappa shape index (κ2) is 8.21. The van der Waals surface area contributed by atoms with Crippen molar-refractivity contribution in [3.8, 4) is 0 Å². The summed E-state index contributed by atoms with van der Waals surface area (Å²) in [6.45, 7) is 2.39. The average molecular weight is 443 g/mol. The largest absolute Gasteiger partial charge is 0.375 e. The van der Waals surface area contributed by atoms with Crippen LogP contribution in [0.4, 0.5) is 5.69 Å². The fourth-order valence-electron chi connectivity index (χ4n) is 2.63. The first-order chi connectivity index (χ1) is 12.0. The Labute approximate surface area is 163 Å². The van der Waals surface area contributed by atoms with Crippen LogP contribution in [-0.2, 0) is 4.79 Å². The third-order valence-electron chi connectivity index (χ3n) is 4.01. The summed E-state index contributed by atoms with van der Waals surface area (Å²) >= 11 is 10.9. The molecule has 2 aromatic rings. The molecule has 0 radical (unpaired) electrons. The standard InChI is InChI=1S/C17H17BrClN3O2S/c18-12-3-4-14(13(19)10-12)20-11-16(23)21-5-7-22(8-6-21)17(24)15-2-1-9-25-15/h1-4,9-10,20H,5-8,11H2. The molecular weight excluding hydrogens is 426 g/mol. The zero-order valence-corrected chi connectivity index (χ0v) is 16.5. The van der Waals surface area contributed by atoms with Crippen molar-refractivity contribution in [2.24, 2.45) is 0 Å². The van der Waals surface area contributed by atoms with Crippen LogP contribution in [0.3, 0.4) is 0 Å². The third-order valence-corrected chi connectivity index (χ3v) is 5.68. The molecule has 3 rings (SSSR count). The first-order valence-electron chi connectivity index (χ1n) is 7.84. The van der Waals surface area contributed by atoms with E-state index in [4.69, 9.17) is 11.6 Å². The number of nitrogens with zero attached hydrogens (tertiary/aromatic N) is 2. The zero-order chi connectivity index (χ0) is 17.8. The van der Waals surface area contributed by atoms with Crippen LogP contribution in [0.15, 0.2) is 40.2 Å². The van der Waals surface area contributed by atoms with Gasteiger partial charge in [-0.1, -0.05) is 33.6 Å². The van der Waals surface area contributed by atoms with Crippen molar-refractivity contribution in [1.82, 2.24) is 9.80 Å². The molecule has 1 aliphatic heterocycles. The van der Waals surface area contributed by atoms with E-state index >= 15 is 0 Å². The lowest BCUT2D eigenvalue weighted by atomic mass is 10.2. The molecule has 2 amide bonds. The molecule has 0 bridgehead atoms. The van der Waals surface area contributed by atoms with E-state index in [-0.39, 0.29) is 18.4 Å². The van der Waals surface area contributed by atoms with E-state index in [1.165, 1.54) is 11.3 Å². The van der Waals surface area contributed by atoms with E-state index < -0.39 is 0 Å². The second-order valence-corrected chi connectivity index (χ2v) is 7.90. The Morgan fingerprint density at radius 3 is 2.52 bits per heavy atom. The molecular formula is C17H17BrClN3O2S. The second-order valence-electron chi connectivity index (χ2n) is 5.63. The number of carbonyl (C=O) groups is 2. The zero-order valence-electron chi connectivity index (χ0n) is 13.4. The Morgan fingerprint density at radius 2 is 1.88 bits per heavy atom. The number of hydrogen-bond acceptors (Lipinski definition) is 4. The van der Waals surface area contributed by atoms with Crippen LogP contribution < -0.4 is 5.32 Å². The smallest absolute Gasteiger partial charge is 0.264 e. The van der Waals surface area contributed by atoms with Gasteiger partial charge in [-0.15, -0.1) is 11.3 Å². The first-order valence-corrected chi connectivity index (χ1v) is 9.89. The number of benzene rings is 1. The fraction of sp³-hybridized carbons (Fsp3) is 0.294. The molecule has 1 saturated heterocycles. The monoisotopic (exact) mass is 441 g/mol. The van der Waals surface area contributed by atoms with Crippen molar-refractivity contribution in [2.75, 3.05) is 38.0 Å².